The van der Waals surface area contributed by atoms with E-state index in [9.17, 15) is 4.79 Å². The standard InChI is InChI=1S/C16H16ClN3O/c17-14-6-2-1-5-13(14)15-11-19-8-9-20(15)16(21)12-4-3-7-18-10-12/h1-7,10,15,19H,8-9,11H2. The Morgan fingerprint density at radius 2 is 2.14 bits per heavy atom. The Labute approximate surface area is 128 Å². The molecule has 0 aliphatic carbocycles. The first-order chi connectivity index (χ1) is 10.3. The molecule has 0 bridgehead atoms. The normalized spacial score (nSPS) is 18.5. The molecule has 5 heteroatoms. The second kappa shape index (κ2) is 6.24. The number of rotatable bonds is 2. The van der Waals surface area contributed by atoms with Crippen molar-refractivity contribution in [2.24, 2.45) is 0 Å². The molecule has 1 aromatic carbocycles. The highest BCUT2D eigenvalue weighted by Gasteiger charge is 2.29. The molecule has 1 amide bonds. The van der Waals surface area contributed by atoms with Crippen molar-refractivity contribution in [2.45, 2.75) is 6.04 Å². The van der Waals surface area contributed by atoms with E-state index in [2.05, 4.69) is 10.3 Å². The summed E-state index contributed by atoms with van der Waals surface area (Å²) >= 11 is 6.30. The predicted octanol–water partition coefficient (Wildman–Crippen LogP) is 2.52. The van der Waals surface area contributed by atoms with Crippen molar-refractivity contribution >= 4 is 17.5 Å². The SMILES string of the molecule is O=C(c1cccnc1)N1CCNCC1c1ccccc1Cl. The molecule has 3 rings (SSSR count). The number of benzene rings is 1. The van der Waals surface area contributed by atoms with Gasteiger partial charge >= 0.3 is 0 Å². The molecule has 1 aliphatic heterocycles. The Morgan fingerprint density at radius 3 is 2.90 bits per heavy atom. The summed E-state index contributed by atoms with van der Waals surface area (Å²) in [5, 5.41) is 4.02. The largest absolute Gasteiger partial charge is 0.329 e. The number of aromatic nitrogens is 1. The zero-order valence-corrected chi connectivity index (χ0v) is 12.3. The first-order valence-corrected chi connectivity index (χ1v) is 7.31. The van der Waals surface area contributed by atoms with Gasteiger partial charge in [0.2, 0.25) is 0 Å². The van der Waals surface area contributed by atoms with Gasteiger partial charge in [0.05, 0.1) is 11.6 Å². The Balaban J connectivity index is 1.92. The highest BCUT2D eigenvalue weighted by atomic mass is 35.5. The van der Waals surface area contributed by atoms with Crippen LogP contribution in [0.4, 0.5) is 0 Å². The minimum atomic E-state index is -0.0554. The monoisotopic (exact) mass is 301 g/mol. The number of halogens is 1. The molecule has 1 fully saturated rings. The van der Waals surface area contributed by atoms with Gasteiger partial charge in [-0.1, -0.05) is 29.8 Å². The smallest absolute Gasteiger partial charge is 0.256 e. The summed E-state index contributed by atoms with van der Waals surface area (Å²) in [6.45, 7) is 2.15. The second-order valence-electron chi connectivity index (χ2n) is 4.98. The molecule has 1 unspecified atom stereocenters. The third kappa shape index (κ3) is 2.91. The van der Waals surface area contributed by atoms with Gasteiger partial charge in [-0.15, -0.1) is 0 Å². The molecule has 0 saturated carbocycles. The highest BCUT2D eigenvalue weighted by molar-refractivity contribution is 6.31. The summed E-state index contributed by atoms with van der Waals surface area (Å²) in [7, 11) is 0. The highest BCUT2D eigenvalue weighted by Crippen LogP contribution is 2.29. The fourth-order valence-corrected chi connectivity index (χ4v) is 2.89. The van der Waals surface area contributed by atoms with Gasteiger partial charge < -0.3 is 10.2 Å². The van der Waals surface area contributed by atoms with E-state index >= 15 is 0 Å². The van der Waals surface area contributed by atoms with Crippen molar-refractivity contribution in [3.63, 3.8) is 0 Å². The summed E-state index contributed by atoms with van der Waals surface area (Å²) < 4.78 is 0. The van der Waals surface area contributed by atoms with Crippen LogP contribution in [0.15, 0.2) is 48.8 Å². The number of nitrogens with one attached hydrogen (secondary N) is 1. The number of hydrogen-bond acceptors (Lipinski definition) is 3. The lowest BCUT2D eigenvalue weighted by Crippen LogP contribution is -2.48. The summed E-state index contributed by atoms with van der Waals surface area (Å²) in [6.07, 6.45) is 3.27. The van der Waals surface area contributed by atoms with Gasteiger partial charge in [-0.3, -0.25) is 9.78 Å². The van der Waals surface area contributed by atoms with Crippen LogP contribution in [0.1, 0.15) is 22.0 Å². The molecule has 2 heterocycles. The second-order valence-corrected chi connectivity index (χ2v) is 5.39. The quantitative estimate of drug-likeness (QED) is 0.927. The molecule has 1 atom stereocenters. The molecule has 1 saturated heterocycles. The van der Waals surface area contributed by atoms with Crippen LogP contribution in [0, 0.1) is 0 Å². The van der Waals surface area contributed by atoms with E-state index in [0.29, 0.717) is 23.7 Å². The van der Waals surface area contributed by atoms with Crippen LogP contribution in [0.3, 0.4) is 0 Å². The van der Waals surface area contributed by atoms with Gasteiger partial charge in [0.25, 0.3) is 5.91 Å². The molecular formula is C16H16ClN3O. The Bertz CT molecular complexity index is 632. The third-order valence-corrected chi connectivity index (χ3v) is 4.02. The fraction of sp³-hybridized carbons (Fsp3) is 0.250. The van der Waals surface area contributed by atoms with Gasteiger partial charge in [0, 0.05) is 37.1 Å². The van der Waals surface area contributed by atoms with Crippen LogP contribution >= 0.6 is 11.6 Å². The molecule has 2 aromatic rings. The first kappa shape index (κ1) is 14.0. The van der Waals surface area contributed by atoms with E-state index in [0.717, 1.165) is 12.1 Å². The third-order valence-electron chi connectivity index (χ3n) is 3.68. The number of piperazine rings is 1. The lowest BCUT2D eigenvalue weighted by molar-refractivity contribution is 0.0634. The van der Waals surface area contributed by atoms with E-state index in [1.54, 1.807) is 24.5 Å². The van der Waals surface area contributed by atoms with Crippen molar-refractivity contribution in [2.75, 3.05) is 19.6 Å². The zero-order valence-electron chi connectivity index (χ0n) is 11.5. The van der Waals surface area contributed by atoms with Crippen LogP contribution in [-0.4, -0.2) is 35.4 Å². The number of nitrogens with zero attached hydrogens (tertiary/aromatic N) is 2. The average molecular weight is 302 g/mol. The van der Waals surface area contributed by atoms with Gasteiger partial charge in [-0.25, -0.2) is 0 Å². The Hall–Kier alpha value is -1.91. The van der Waals surface area contributed by atoms with Gasteiger partial charge in [0.15, 0.2) is 0 Å². The Kier molecular flexibility index (Phi) is 4.18. The van der Waals surface area contributed by atoms with Crippen LogP contribution < -0.4 is 5.32 Å². The van der Waals surface area contributed by atoms with Crippen molar-refractivity contribution in [3.8, 4) is 0 Å². The van der Waals surface area contributed by atoms with E-state index < -0.39 is 0 Å². The van der Waals surface area contributed by atoms with E-state index in [-0.39, 0.29) is 11.9 Å². The average Bonchev–Trinajstić information content (AvgIpc) is 2.55. The summed E-state index contributed by atoms with van der Waals surface area (Å²) in [4.78, 5) is 18.6. The van der Waals surface area contributed by atoms with Gasteiger partial charge in [-0.2, -0.15) is 0 Å². The predicted molar refractivity (Wildman–Crippen MR) is 82.3 cm³/mol. The molecule has 108 valence electrons. The number of hydrogen-bond donors (Lipinski definition) is 1. The Morgan fingerprint density at radius 1 is 1.29 bits per heavy atom. The van der Waals surface area contributed by atoms with Gasteiger partial charge in [-0.05, 0) is 23.8 Å². The maximum Gasteiger partial charge on any atom is 0.256 e. The maximum absolute atomic E-state index is 12.7. The van der Waals surface area contributed by atoms with Crippen LogP contribution in [0.25, 0.3) is 0 Å². The van der Waals surface area contributed by atoms with Crippen molar-refractivity contribution in [3.05, 3.63) is 64.9 Å². The number of carbonyl (C=O) groups is 1. The molecule has 1 aromatic heterocycles. The number of pyridine rings is 1. The molecule has 1 N–H and O–H groups in total. The van der Waals surface area contributed by atoms with E-state index in [1.165, 1.54) is 0 Å². The van der Waals surface area contributed by atoms with E-state index in [1.807, 2.05) is 29.2 Å². The van der Waals surface area contributed by atoms with Crippen molar-refractivity contribution in [1.29, 1.82) is 0 Å². The summed E-state index contributed by atoms with van der Waals surface area (Å²) in [5.74, 6) is -0.00507. The lowest BCUT2D eigenvalue weighted by Gasteiger charge is -2.37. The van der Waals surface area contributed by atoms with Crippen LogP contribution in [0.2, 0.25) is 5.02 Å². The summed E-state index contributed by atoms with van der Waals surface area (Å²) in [6, 6.07) is 11.2. The zero-order chi connectivity index (χ0) is 14.7. The minimum absolute atomic E-state index is 0.00507. The molecule has 21 heavy (non-hydrogen) atoms. The maximum atomic E-state index is 12.7. The van der Waals surface area contributed by atoms with Gasteiger partial charge in [0.1, 0.15) is 0 Å². The molecule has 0 spiro atoms. The minimum Gasteiger partial charge on any atom is -0.329 e. The fourth-order valence-electron chi connectivity index (χ4n) is 2.63. The molecule has 0 radical (unpaired) electrons. The number of amides is 1. The van der Waals surface area contributed by atoms with Crippen molar-refractivity contribution < 1.29 is 4.79 Å². The van der Waals surface area contributed by atoms with Crippen LogP contribution in [0.5, 0.6) is 0 Å². The molecular weight excluding hydrogens is 286 g/mol. The molecule has 1 aliphatic rings. The summed E-state index contributed by atoms with van der Waals surface area (Å²) in [5.41, 5.74) is 1.58. The lowest BCUT2D eigenvalue weighted by atomic mass is 10.0. The number of carbonyl (C=O) groups excluding carboxylic acids is 1. The van der Waals surface area contributed by atoms with Crippen LogP contribution in [-0.2, 0) is 0 Å². The van der Waals surface area contributed by atoms with E-state index in [4.69, 9.17) is 11.6 Å². The van der Waals surface area contributed by atoms with Crippen molar-refractivity contribution in [1.82, 2.24) is 15.2 Å². The molecule has 4 nitrogen and oxygen atoms in total. The first-order valence-electron chi connectivity index (χ1n) is 6.93. The topological polar surface area (TPSA) is 45.2 Å².